The smallest absolute Gasteiger partial charge is 0.123 e. The Labute approximate surface area is 119 Å². The van der Waals surface area contributed by atoms with Crippen LogP contribution in [-0.2, 0) is 0 Å². The van der Waals surface area contributed by atoms with Gasteiger partial charge in [-0.05, 0) is 61.1 Å². The Bertz CT molecular complexity index is 573. The molecule has 1 fully saturated rings. The molecular weight excluding hydrogens is 249 g/mol. The zero-order chi connectivity index (χ0) is 14.1. The van der Waals surface area contributed by atoms with Crippen molar-refractivity contribution in [2.24, 2.45) is 5.92 Å². The van der Waals surface area contributed by atoms with E-state index in [1.165, 1.54) is 12.0 Å². The second-order valence-electron chi connectivity index (χ2n) is 5.74. The Morgan fingerprint density at radius 3 is 2.55 bits per heavy atom. The average molecular weight is 269 g/mol. The van der Waals surface area contributed by atoms with Crippen LogP contribution in [-0.4, -0.2) is 7.05 Å². The van der Waals surface area contributed by atoms with E-state index in [9.17, 15) is 4.39 Å². The van der Waals surface area contributed by atoms with E-state index < -0.39 is 0 Å². The second kappa shape index (κ2) is 5.37. The Balaban J connectivity index is 1.82. The maximum absolute atomic E-state index is 13.6. The third-order valence-corrected chi connectivity index (χ3v) is 4.23. The first-order chi connectivity index (χ1) is 9.69. The van der Waals surface area contributed by atoms with Gasteiger partial charge in [0, 0.05) is 6.04 Å². The standard InChI is InChI=1S/C18H20FN/c1-12-8-14(10-15(19)9-12)18(20-2)17-11-16(17)13-6-4-3-5-7-13/h3-10,16-18,20H,11H2,1-2H3. The third-order valence-electron chi connectivity index (χ3n) is 4.23. The molecule has 0 aromatic heterocycles. The fourth-order valence-corrected chi connectivity index (χ4v) is 3.24. The van der Waals surface area contributed by atoms with E-state index in [4.69, 9.17) is 0 Å². The highest BCUT2D eigenvalue weighted by atomic mass is 19.1. The van der Waals surface area contributed by atoms with E-state index in [-0.39, 0.29) is 11.9 Å². The van der Waals surface area contributed by atoms with Crippen LogP contribution < -0.4 is 5.32 Å². The molecular formula is C18H20FN. The van der Waals surface area contributed by atoms with E-state index in [0.29, 0.717) is 11.8 Å². The van der Waals surface area contributed by atoms with Gasteiger partial charge in [-0.1, -0.05) is 36.4 Å². The summed E-state index contributed by atoms with van der Waals surface area (Å²) in [4.78, 5) is 0. The molecule has 3 unspecified atom stereocenters. The van der Waals surface area contributed by atoms with Gasteiger partial charge in [0.1, 0.15) is 5.82 Å². The monoisotopic (exact) mass is 269 g/mol. The highest BCUT2D eigenvalue weighted by Crippen LogP contribution is 2.53. The molecule has 20 heavy (non-hydrogen) atoms. The first-order valence-electron chi connectivity index (χ1n) is 7.18. The lowest BCUT2D eigenvalue weighted by molar-refractivity contribution is 0.512. The second-order valence-corrected chi connectivity index (χ2v) is 5.74. The summed E-state index contributed by atoms with van der Waals surface area (Å²) in [7, 11) is 1.96. The molecule has 3 atom stereocenters. The molecule has 0 bridgehead atoms. The summed E-state index contributed by atoms with van der Waals surface area (Å²) < 4.78 is 13.6. The van der Waals surface area contributed by atoms with Crippen LogP contribution in [0.4, 0.5) is 4.39 Å². The summed E-state index contributed by atoms with van der Waals surface area (Å²) in [6, 6.07) is 16.2. The van der Waals surface area contributed by atoms with Crippen LogP contribution in [0, 0.1) is 18.7 Å². The molecule has 1 nitrogen and oxygen atoms in total. The Morgan fingerprint density at radius 2 is 1.90 bits per heavy atom. The fourth-order valence-electron chi connectivity index (χ4n) is 3.24. The Hall–Kier alpha value is -1.67. The van der Waals surface area contributed by atoms with Crippen LogP contribution in [0.15, 0.2) is 48.5 Å². The number of hydrogen-bond acceptors (Lipinski definition) is 1. The minimum atomic E-state index is -0.142. The number of halogens is 1. The van der Waals surface area contributed by atoms with Gasteiger partial charge in [-0.15, -0.1) is 0 Å². The van der Waals surface area contributed by atoms with Gasteiger partial charge >= 0.3 is 0 Å². The Morgan fingerprint density at radius 1 is 1.15 bits per heavy atom. The molecule has 1 aliphatic rings. The number of aryl methyl sites for hydroxylation is 1. The van der Waals surface area contributed by atoms with Crippen molar-refractivity contribution < 1.29 is 4.39 Å². The van der Waals surface area contributed by atoms with Gasteiger partial charge in [0.05, 0.1) is 0 Å². The van der Waals surface area contributed by atoms with Crippen LogP contribution in [0.25, 0.3) is 0 Å². The van der Waals surface area contributed by atoms with Crippen molar-refractivity contribution in [1.82, 2.24) is 5.32 Å². The van der Waals surface area contributed by atoms with Gasteiger partial charge in [0.2, 0.25) is 0 Å². The lowest BCUT2D eigenvalue weighted by atomic mass is 9.97. The molecule has 2 heteroatoms. The highest BCUT2D eigenvalue weighted by molar-refractivity contribution is 5.32. The van der Waals surface area contributed by atoms with Crippen LogP contribution in [0.3, 0.4) is 0 Å². The molecule has 1 saturated carbocycles. The lowest BCUT2D eigenvalue weighted by Gasteiger charge is -2.18. The molecule has 0 amide bonds. The van der Waals surface area contributed by atoms with Crippen molar-refractivity contribution in [2.45, 2.75) is 25.3 Å². The van der Waals surface area contributed by atoms with Gasteiger partial charge in [-0.25, -0.2) is 4.39 Å². The van der Waals surface area contributed by atoms with Crippen molar-refractivity contribution in [3.8, 4) is 0 Å². The van der Waals surface area contributed by atoms with E-state index in [1.54, 1.807) is 12.1 Å². The number of rotatable bonds is 4. The molecule has 2 aromatic rings. The van der Waals surface area contributed by atoms with Crippen LogP contribution in [0.5, 0.6) is 0 Å². The van der Waals surface area contributed by atoms with Crippen LogP contribution in [0.1, 0.15) is 35.1 Å². The highest BCUT2D eigenvalue weighted by Gasteiger charge is 2.43. The number of benzene rings is 2. The van der Waals surface area contributed by atoms with Gasteiger partial charge in [-0.3, -0.25) is 0 Å². The van der Waals surface area contributed by atoms with Crippen LogP contribution in [0.2, 0.25) is 0 Å². The number of hydrogen-bond donors (Lipinski definition) is 1. The minimum absolute atomic E-state index is 0.142. The SMILES string of the molecule is CNC(c1cc(C)cc(F)c1)C1CC1c1ccccc1. The predicted octanol–water partition coefficient (Wildman–Crippen LogP) is 4.20. The van der Waals surface area contributed by atoms with Crippen molar-refractivity contribution in [2.75, 3.05) is 7.05 Å². The summed E-state index contributed by atoms with van der Waals surface area (Å²) >= 11 is 0. The van der Waals surface area contributed by atoms with E-state index in [1.807, 2.05) is 20.0 Å². The van der Waals surface area contributed by atoms with Crippen molar-refractivity contribution in [3.63, 3.8) is 0 Å². The van der Waals surface area contributed by atoms with E-state index in [2.05, 4.69) is 35.6 Å². The molecule has 3 rings (SSSR count). The average Bonchev–Trinajstić information content (AvgIpc) is 3.20. The number of nitrogens with one attached hydrogen (secondary N) is 1. The third kappa shape index (κ3) is 2.61. The van der Waals surface area contributed by atoms with E-state index in [0.717, 1.165) is 11.1 Å². The molecule has 0 radical (unpaired) electrons. The lowest BCUT2D eigenvalue weighted by Crippen LogP contribution is -2.19. The first-order valence-corrected chi connectivity index (χ1v) is 7.18. The van der Waals surface area contributed by atoms with Crippen molar-refractivity contribution in [3.05, 3.63) is 71.0 Å². The zero-order valence-electron chi connectivity index (χ0n) is 11.9. The molecule has 0 heterocycles. The van der Waals surface area contributed by atoms with E-state index >= 15 is 0 Å². The maximum atomic E-state index is 13.6. The summed E-state index contributed by atoms with van der Waals surface area (Å²) in [6.45, 7) is 1.95. The van der Waals surface area contributed by atoms with Gasteiger partial charge in [0.15, 0.2) is 0 Å². The topological polar surface area (TPSA) is 12.0 Å². The van der Waals surface area contributed by atoms with Crippen molar-refractivity contribution >= 4 is 0 Å². The fraction of sp³-hybridized carbons (Fsp3) is 0.333. The largest absolute Gasteiger partial charge is 0.313 e. The predicted molar refractivity (Wildman–Crippen MR) is 80.2 cm³/mol. The van der Waals surface area contributed by atoms with Gasteiger partial charge in [0.25, 0.3) is 0 Å². The maximum Gasteiger partial charge on any atom is 0.123 e. The van der Waals surface area contributed by atoms with Crippen LogP contribution >= 0.6 is 0 Å². The zero-order valence-corrected chi connectivity index (χ0v) is 11.9. The minimum Gasteiger partial charge on any atom is -0.313 e. The first kappa shape index (κ1) is 13.3. The summed E-state index contributed by atoms with van der Waals surface area (Å²) in [6.07, 6.45) is 1.17. The summed E-state index contributed by atoms with van der Waals surface area (Å²) in [5.74, 6) is 1.01. The van der Waals surface area contributed by atoms with Crippen molar-refractivity contribution in [1.29, 1.82) is 0 Å². The van der Waals surface area contributed by atoms with Gasteiger partial charge < -0.3 is 5.32 Å². The molecule has 0 spiro atoms. The normalized spacial score (nSPS) is 22.6. The van der Waals surface area contributed by atoms with Gasteiger partial charge in [-0.2, -0.15) is 0 Å². The summed E-state index contributed by atoms with van der Waals surface area (Å²) in [5.41, 5.74) is 3.44. The molecule has 2 aromatic carbocycles. The summed E-state index contributed by atoms with van der Waals surface area (Å²) in [5, 5.41) is 3.37. The molecule has 0 aliphatic heterocycles. The molecule has 1 aliphatic carbocycles. The Kier molecular flexibility index (Phi) is 3.58. The molecule has 1 N–H and O–H groups in total. The molecule has 0 saturated heterocycles. The molecule has 104 valence electrons. The quantitative estimate of drug-likeness (QED) is 0.877.